The van der Waals surface area contributed by atoms with Gasteiger partial charge in [0, 0.05) is 16.6 Å². The molecule has 0 aliphatic carbocycles. The topological polar surface area (TPSA) is 113 Å². The van der Waals surface area contributed by atoms with Gasteiger partial charge in [-0.05, 0) is 55.8 Å². The van der Waals surface area contributed by atoms with Crippen molar-refractivity contribution < 1.29 is 23.8 Å². The minimum absolute atomic E-state index is 0.215. The van der Waals surface area contributed by atoms with Gasteiger partial charge in [-0.3, -0.25) is 4.79 Å². The van der Waals surface area contributed by atoms with Gasteiger partial charge < -0.3 is 25.3 Å². The van der Waals surface area contributed by atoms with Crippen molar-refractivity contribution in [2.75, 3.05) is 31.9 Å². The molecule has 0 aliphatic heterocycles. The molecule has 1 amide bonds. The van der Waals surface area contributed by atoms with E-state index in [1.54, 1.807) is 64.5 Å². The van der Waals surface area contributed by atoms with Crippen LogP contribution in [0.25, 0.3) is 21.3 Å². The summed E-state index contributed by atoms with van der Waals surface area (Å²) < 4.78 is 15.8. The number of thiophene rings is 1. The standard InChI is InChI=1S/C26H25N3O5S/c1-5-34-26(31)19-14(2)28-25-21(20(19)15-6-10-17(32-3)11-7-15)22(27)23(35-25)24(30)29-16-8-12-18(33-4)13-9-16/h6-13H,5,27H2,1-4H3,(H,29,30). The fourth-order valence-corrected chi connectivity index (χ4v) is 4.84. The SMILES string of the molecule is CCOC(=O)c1c(C)nc2sc(C(=O)Nc3ccc(OC)cc3)c(N)c2c1-c1ccc(OC)cc1. The van der Waals surface area contributed by atoms with Crippen LogP contribution < -0.4 is 20.5 Å². The van der Waals surface area contributed by atoms with Crippen LogP contribution in [0, 0.1) is 6.92 Å². The zero-order chi connectivity index (χ0) is 25.1. The number of aryl methyl sites for hydroxylation is 1. The van der Waals surface area contributed by atoms with Crippen molar-refractivity contribution in [3.63, 3.8) is 0 Å². The summed E-state index contributed by atoms with van der Waals surface area (Å²) in [5.41, 5.74) is 9.50. The number of carbonyl (C=O) groups is 2. The number of pyridine rings is 1. The van der Waals surface area contributed by atoms with Crippen LogP contribution in [0.2, 0.25) is 0 Å². The summed E-state index contributed by atoms with van der Waals surface area (Å²) in [5, 5.41) is 3.39. The van der Waals surface area contributed by atoms with Crippen molar-refractivity contribution in [1.29, 1.82) is 0 Å². The number of hydrogen-bond acceptors (Lipinski definition) is 8. The normalized spacial score (nSPS) is 10.7. The molecule has 4 rings (SSSR count). The van der Waals surface area contributed by atoms with Crippen LogP contribution in [0.15, 0.2) is 48.5 Å². The lowest BCUT2D eigenvalue weighted by atomic mass is 9.95. The van der Waals surface area contributed by atoms with Gasteiger partial charge in [0.05, 0.1) is 37.8 Å². The number of benzene rings is 2. The van der Waals surface area contributed by atoms with Gasteiger partial charge in [0.25, 0.3) is 5.91 Å². The highest BCUT2D eigenvalue weighted by molar-refractivity contribution is 7.21. The van der Waals surface area contributed by atoms with Crippen LogP contribution in [-0.4, -0.2) is 37.7 Å². The molecule has 4 aromatic rings. The quantitative estimate of drug-likeness (QED) is 0.337. The maximum atomic E-state index is 13.1. The average Bonchev–Trinajstić information content (AvgIpc) is 3.19. The summed E-state index contributed by atoms with van der Waals surface area (Å²) in [6.07, 6.45) is 0. The molecule has 0 atom stereocenters. The number of methoxy groups -OCH3 is 2. The van der Waals surface area contributed by atoms with Gasteiger partial charge in [0.2, 0.25) is 0 Å². The lowest BCUT2D eigenvalue weighted by Gasteiger charge is -2.14. The number of hydrogen-bond donors (Lipinski definition) is 2. The Bertz CT molecular complexity index is 1400. The van der Waals surface area contributed by atoms with E-state index in [4.69, 9.17) is 19.9 Å². The van der Waals surface area contributed by atoms with Crippen molar-refractivity contribution >= 4 is 44.8 Å². The number of carbonyl (C=O) groups excluding carboxylic acids is 2. The number of fused-ring (bicyclic) bond motifs is 1. The van der Waals surface area contributed by atoms with Gasteiger partial charge in [0.15, 0.2) is 0 Å². The van der Waals surface area contributed by atoms with E-state index in [9.17, 15) is 9.59 Å². The maximum Gasteiger partial charge on any atom is 0.340 e. The van der Waals surface area contributed by atoms with E-state index in [0.29, 0.717) is 49.1 Å². The monoisotopic (exact) mass is 491 g/mol. The second-order valence-electron chi connectivity index (χ2n) is 7.60. The fourth-order valence-electron chi connectivity index (χ4n) is 3.80. The van der Waals surface area contributed by atoms with Crippen LogP contribution in [0.3, 0.4) is 0 Å². The van der Waals surface area contributed by atoms with E-state index in [1.807, 2.05) is 12.1 Å². The van der Waals surface area contributed by atoms with Crippen molar-refractivity contribution in [3.05, 3.63) is 64.7 Å². The lowest BCUT2D eigenvalue weighted by Crippen LogP contribution is -2.12. The van der Waals surface area contributed by atoms with Crippen molar-refractivity contribution in [2.24, 2.45) is 0 Å². The Morgan fingerprint density at radius 2 is 1.60 bits per heavy atom. The smallest absolute Gasteiger partial charge is 0.340 e. The first-order valence-electron chi connectivity index (χ1n) is 10.9. The third-order valence-corrected chi connectivity index (χ3v) is 6.57. The molecule has 0 aliphatic rings. The van der Waals surface area contributed by atoms with E-state index in [-0.39, 0.29) is 18.2 Å². The van der Waals surface area contributed by atoms with E-state index < -0.39 is 5.97 Å². The number of ether oxygens (including phenoxy) is 3. The van der Waals surface area contributed by atoms with Crippen LogP contribution >= 0.6 is 11.3 Å². The molecule has 0 fully saturated rings. The number of aromatic nitrogens is 1. The molecule has 8 nitrogen and oxygen atoms in total. The van der Waals surface area contributed by atoms with Crippen LogP contribution in [0.5, 0.6) is 11.5 Å². The first kappa shape index (κ1) is 24.0. The summed E-state index contributed by atoms with van der Waals surface area (Å²) in [7, 11) is 3.16. The highest BCUT2D eigenvalue weighted by Gasteiger charge is 2.27. The third-order valence-electron chi connectivity index (χ3n) is 5.47. The molecule has 3 N–H and O–H groups in total. The molecule has 0 spiro atoms. The highest BCUT2D eigenvalue weighted by Crippen LogP contribution is 2.42. The minimum atomic E-state index is -0.500. The number of nitrogens with two attached hydrogens (primary N) is 1. The van der Waals surface area contributed by atoms with Gasteiger partial charge in [-0.25, -0.2) is 9.78 Å². The molecule has 9 heteroatoms. The zero-order valence-electron chi connectivity index (χ0n) is 19.8. The van der Waals surface area contributed by atoms with Crippen LogP contribution in [-0.2, 0) is 4.74 Å². The Kier molecular flexibility index (Phi) is 6.88. The molecule has 0 saturated heterocycles. The number of nitrogen functional groups attached to an aromatic ring is 1. The Hall–Kier alpha value is -4.11. The summed E-state index contributed by atoms with van der Waals surface area (Å²) in [6.45, 7) is 3.70. The van der Waals surface area contributed by atoms with E-state index in [2.05, 4.69) is 10.3 Å². The van der Waals surface area contributed by atoms with E-state index >= 15 is 0 Å². The Balaban J connectivity index is 1.87. The minimum Gasteiger partial charge on any atom is -0.497 e. The predicted octanol–water partition coefficient (Wildman–Crippen LogP) is 5.30. The van der Waals surface area contributed by atoms with Gasteiger partial charge in [-0.1, -0.05) is 12.1 Å². The Morgan fingerprint density at radius 1 is 1.00 bits per heavy atom. The van der Waals surface area contributed by atoms with E-state index in [0.717, 1.165) is 5.56 Å². The lowest BCUT2D eigenvalue weighted by molar-refractivity contribution is 0.0526. The number of esters is 1. The summed E-state index contributed by atoms with van der Waals surface area (Å²) in [4.78, 5) is 31.6. The van der Waals surface area contributed by atoms with Crippen LogP contribution in [0.1, 0.15) is 32.6 Å². The Morgan fingerprint density at radius 3 is 2.17 bits per heavy atom. The van der Waals surface area contributed by atoms with E-state index in [1.165, 1.54) is 11.3 Å². The third kappa shape index (κ3) is 4.63. The summed E-state index contributed by atoms with van der Waals surface area (Å²) in [6, 6.07) is 14.3. The number of amides is 1. The molecule has 0 radical (unpaired) electrons. The second kappa shape index (κ2) is 10.0. The summed E-state index contributed by atoms with van der Waals surface area (Å²) >= 11 is 1.17. The average molecular weight is 492 g/mol. The fraction of sp³-hybridized carbons (Fsp3) is 0.192. The molecule has 0 unspecified atom stereocenters. The first-order valence-corrected chi connectivity index (χ1v) is 11.7. The number of nitrogens with zero attached hydrogens (tertiary/aromatic N) is 1. The molecule has 0 bridgehead atoms. The van der Waals surface area contributed by atoms with Crippen molar-refractivity contribution in [3.8, 4) is 22.6 Å². The second-order valence-corrected chi connectivity index (χ2v) is 8.60. The summed E-state index contributed by atoms with van der Waals surface area (Å²) in [5.74, 6) is 0.484. The van der Waals surface area contributed by atoms with Gasteiger partial charge in [-0.2, -0.15) is 0 Å². The zero-order valence-corrected chi connectivity index (χ0v) is 20.6. The predicted molar refractivity (Wildman–Crippen MR) is 138 cm³/mol. The van der Waals surface area contributed by atoms with Gasteiger partial charge >= 0.3 is 5.97 Å². The number of nitrogens with one attached hydrogen (secondary N) is 1. The molecule has 2 heterocycles. The van der Waals surface area contributed by atoms with Gasteiger partial charge in [0.1, 0.15) is 21.2 Å². The number of rotatable bonds is 7. The maximum absolute atomic E-state index is 13.1. The largest absolute Gasteiger partial charge is 0.497 e. The first-order chi connectivity index (χ1) is 16.9. The van der Waals surface area contributed by atoms with Crippen LogP contribution in [0.4, 0.5) is 11.4 Å². The molecule has 35 heavy (non-hydrogen) atoms. The van der Waals surface area contributed by atoms with Gasteiger partial charge in [-0.15, -0.1) is 11.3 Å². The molecule has 0 saturated carbocycles. The molecule has 2 aromatic heterocycles. The van der Waals surface area contributed by atoms with Crippen molar-refractivity contribution in [1.82, 2.24) is 4.98 Å². The van der Waals surface area contributed by atoms with Crippen molar-refractivity contribution in [2.45, 2.75) is 13.8 Å². The molecule has 180 valence electrons. The molecular weight excluding hydrogens is 466 g/mol. The highest BCUT2D eigenvalue weighted by atomic mass is 32.1. The molecular formula is C26H25N3O5S. The number of anilines is 2. The Labute approximate surface area is 206 Å². The molecule has 2 aromatic carbocycles.